The third-order valence-electron chi connectivity index (χ3n) is 3.24. The number of carbonyl (C=O) groups is 1. The molecule has 6 heteroatoms. The quantitative estimate of drug-likeness (QED) is 0.799. The Balaban J connectivity index is 1.96. The van der Waals surface area contributed by atoms with Gasteiger partial charge in [0.1, 0.15) is 5.82 Å². The molecule has 0 spiro atoms. The van der Waals surface area contributed by atoms with E-state index in [2.05, 4.69) is 0 Å². The molecule has 1 amide bonds. The number of halogens is 1. The van der Waals surface area contributed by atoms with Gasteiger partial charge in [0, 0.05) is 26.2 Å². The third-order valence-corrected chi connectivity index (χ3v) is 3.24. The summed E-state index contributed by atoms with van der Waals surface area (Å²) in [6.45, 7) is 1.25. The molecule has 1 aromatic carbocycles. The Morgan fingerprint density at radius 1 is 1.26 bits per heavy atom. The van der Waals surface area contributed by atoms with Crippen molar-refractivity contribution in [3.8, 4) is 0 Å². The third kappa shape index (κ3) is 3.02. The number of hydrogen-bond donors (Lipinski definition) is 2. The van der Waals surface area contributed by atoms with Crippen LogP contribution in [-0.2, 0) is 4.79 Å². The molecule has 1 fully saturated rings. The number of rotatable bonds is 3. The summed E-state index contributed by atoms with van der Waals surface area (Å²) in [4.78, 5) is 15.0. The second kappa shape index (κ2) is 5.99. The molecule has 1 heterocycles. The minimum absolute atomic E-state index is 0.280. The molecule has 1 aromatic rings. The van der Waals surface area contributed by atoms with E-state index in [1.165, 1.54) is 11.0 Å². The van der Waals surface area contributed by atoms with Crippen LogP contribution in [0, 0.1) is 5.82 Å². The van der Waals surface area contributed by atoms with Gasteiger partial charge in [-0.15, -0.1) is 0 Å². The number of benzene rings is 1. The van der Waals surface area contributed by atoms with Crippen LogP contribution < -0.4 is 4.90 Å². The molecule has 0 saturated carbocycles. The predicted octanol–water partition coefficient (Wildman–Crippen LogP) is -0.173. The van der Waals surface area contributed by atoms with Gasteiger partial charge in [0.05, 0.1) is 12.3 Å². The van der Waals surface area contributed by atoms with Gasteiger partial charge < -0.3 is 20.0 Å². The van der Waals surface area contributed by atoms with Crippen LogP contribution in [0.2, 0.25) is 0 Å². The zero-order valence-electron chi connectivity index (χ0n) is 10.5. The van der Waals surface area contributed by atoms with Crippen molar-refractivity contribution in [2.75, 3.05) is 37.7 Å². The van der Waals surface area contributed by atoms with Crippen molar-refractivity contribution >= 4 is 11.6 Å². The molecule has 1 aliphatic rings. The van der Waals surface area contributed by atoms with Gasteiger partial charge in [0.25, 0.3) is 5.91 Å². The molecule has 104 valence electrons. The molecule has 1 aliphatic heterocycles. The lowest BCUT2D eigenvalue weighted by Crippen LogP contribution is -2.52. The Bertz CT molecular complexity index is 447. The Morgan fingerprint density at radius 2 is 1.89 bits per heavy atom. The van der Waals surface area contributed by atoms with Crippen molar-refractivity contribution in [2.24, 2.45) is 0 Å². The largest absolute Gasteiger partial charge is 0.393 e. The smallest absolute Gasteiger partial charge is 0.253 e. The number of aliphatic hydroxyl groups excluding tert-OH is 2. The number of amides is 1. The van der Waals surface area contributed by atoms with E-state index in [1.807, 2.05) is 4.90 Å². The zero-order chi connectivity index (χ0) is 13.8. The highest BCUT2D eigenvalue weighted by atomic mass is 19.1. The normalized spacial score (nSPS) is 17.4. The molecule has 1 atom stereocenters. The number of para-hydroxylation sites is 1. The SMILES string of the molecule is O=C([C@H](O)CO)N1CCN(c2ccccc2F)CC1. The van der Waals surface area contributed by atoms with Gasteiger partial charge in [-0.2, -0.15) is 0 Å². The van der Waals surface area contributed by atoms with Crippen LogP contribution in [0.25, 0.3) is 0 Å². The summed E-state index contributed by atoms with van der Waals surface area (Å²) < 4.78 is 13.6. The summed E-state index contributed by atoms with van der Waals surface area (Å²) in [5.41, 5.74) is 0.525. The van der Waals surface area contributed by atoms with E-state index in [1.54, 1.807) is 18.2 Å². The van der Waals surface area contributed by atoms with E-state index in [0.29, 0.717) is 31.9 Å². The highest BCUT2D eigenvalue weighted by Crippen LogP contribution is 2.20. The lowest BCUT2D eigenvalue weighted by Gasteiger charge is -2.36. The van der Waals surface area contributed by atoms with Gasteiger partial charge >= 0.3 is 0 Å². The van der Waals surface area contributed by atoms with Crippen LogP contribution >= 0.6 is 0 Å². The maximum atomic E-state index is 13.6. The molecule has 2 rings (SSSR count). The summed E-state index contributed by atoms with van der Waals surface area (Å²) in [5.74, 6) is -0.756. The molecular weight excluding hydrogens is 251 g/mol. The predicted molar refractivity (Wildman–Crippen MR) is 68.3 cm³/mol. The maximum Gasteiger partial charge on any atom is 0.253 e. The summed E-state index contributed by atoms with van der Waals surface area (Å²) >= 11 is 0. The van der Waals surface area contributed by atoms with E-state index < -0.39 is 18.6 Å². The Hall–Kier alpha value is -1.66. The molecule has 0 bridgehead atoms. The standard InChI is InChI=1S/C13H17FN2O3/c14-10-3-1-2-4-11(10)15-5-7-16(8-6-15)13(19)12(18)9-17/h1-4,12,17-18H,5-9H2/t12-/m1/s1. The van der Waals surface area contributed by atoms with Crippen LogP contribution in [0.1, 0.15) is 0 Å². The topological polar surface area (TPSA) is 64.0 Å². The van der Waals surface area contributed by atoms with Crippen molar-refractivity contribution in [2.45, 2.75) is 6.10 Å². The highest BCUT2D eigenvalue weighted by molar-refractivity contribution is 5.81. The number of aliphatic hydroxyl groups is 2. The Kier molecular flexibility index (Phi) is 4.34. The number of carbonyl (C=O) groups excluding carboxylic acids is 1. The number of hydrogen-bond acceptors (Lipinski definition) is 4. The Labute approximate surface area is 110 Å². The van der Waals surface area contributed by atoms with Gasteiger partial charge in [-0.25, -0.2) is 4.39 Å². The average Bonchev–Trinajstić information content (AvgIpc) is 2.46. The molecule has 0 aliphatic carbocycles. The van der Waals surface area contributed by atoms with Gasteiger partial charge in [0.2, 0.25) is 0 Å². The number of anilines is 1. The molecule has 5 nitrogen and oxygen atoms in total. The summed E-state index contributed by atoms with van der Waals surface area (Å²) in [6.07, 6.45) is -1.36. The van der Waals surface area contributed by atoms with E-state index in [0.717, 1.165) is 0 Å². The fourth-order valence-electron chi connectivity index (χ4n) is 2.16. The van der Waals surface area contributed by atoms with Gasteiger partial charge in [-0.3, -0.25) is 4.79 Å². The summed E-state index contributed by atoms with van der Waals surface area (Å²) in [7, 11) is 0. The van der Waals surface area contributed by atoms with Crippen LogP contribution in [-0.4, -0.2) is 59.9 Å². The fraction of sp³-hybridized carbons (Fsp3) is 0.462. The zero-order valence-corrected chi connectivity index (χ0v) is 10.5. The monoisotopic (exact) mass is 268 g/mol. The number of nitrogens with zero attached hydrogens (tertiary/aromatic N) is 2. The van der Waals surface area contributed by atoms with Crippen molar-refractivity contribution in [3.63, 3.8) is 0 Å². The first-order valence-electron chi connectivity index (χ1n) is 6.20. The van der Waals surface area contributed by atoms with Crippen molar-refractivity contribution in [1.29, 1.82) is 0 Å². The molecular formula is C13H17FN2O3. The lowest BCUT2D eigenvalue weighted by molar-refractivity contribution is -0.142. The number of piperazine rings is 1. The maximum absolute atomic E-state index is 13.6. The highest BCUT2D eigenvalue weighted by Gasteiger charge is 2.26. The summed E-state index contributed by atoms with van der Waals surface area (Å²) in [5, 5.41) is 18.0. The lowest BCUT2D eigenvalue weighted by atomic mass is 10.2. The first kappa shape index (κ1) is 13.8. The van der Waals surface area contributed by atoms with Crippen molar-refractivity contribution in [1.82, 2.24) is 4.90 Å². The van der Waals surface area contributed by atoms with Crippen molar-refractivity contribution < 1.29 is 19.4 Å². The van der Waals surface area contributed by atoms with E-state index in [4.69, 9.17) is 5.11 Å². The first-order chi connectivity index (χ1) is 9.13. The van der Waals surface area contributed by atoms with Gasteiger partial charge in [-0.1, -0.05) is 12.1 Å². The van der Waals surface area contributed by atoms with Crippen LogP contribution in [0.15, 0.2) is 24.3 Å². The fourth-order valence-corrected chi connectivity index (χ4v) is 2.16. The molecule has 0 unspecified atom stereocenters. The van der Waals surface area contributed by atoms with Crippen molar-refractivity contribution in [3.05, 3.63) is 30.1 Å². The van der Waals surface area contributed by atoms with Crippen LogP contribution in [0.4, 0.5) is 10.1 Å². The minimum atomic E-state index is -1.36. The molecule has 2 N–H and O–H groups in total. The van der Waals surface area contributed by atoms with Crippen LogP contribution in [0.5, 0.6) is 0 Å². The van der Waals surface area contributed by atoms with E-state index >= 15 is 0 Å². The molecule has 0 radical (unpaired) electrons. The van der Waals surface area contributed by atoms with Gasteiger partial charge in [0.15, 0.2) is 6.10 Å². The summed E-state index contributed by atoms with van der Waals surface area (Å²) in [6, 6.07) is 6.51. The molecule has 0 aromatic heterocycles. The minimum Gasteiger partial charge on any atom is -0.393 e. The second-order valence-electron chi connectivity index (χ2n) is 4.46. The molecule has 19 heavy (non-hydrogen) atoms. The van der Waals surface area contributed by atoms with Gasteiger partial charge in [-0.05, 0) is 12.1 Å². The van der Waals surface area contributed by atoms with Crippen LogP contribution in [0.3, 0.4) is 0 Å². The molecule has 1 saturated heterocycles. The average molecular weight is 268 g/mol. The van der Waals surface area contributed by atoms with E-state index in [9.17, 15) is 14.3 Å². The van der Waals surface area contributed by atoms with E-state index in [-0.39, 0.29) is 5.82 Å². The first-order valence-corrected chi connectivity index (χ1v) is 6.20. The second-order valence-corrected chi connectivity index (χ2v) is 4.46. The Morgan fingerprint density at radius 3 is 2.47 bits per heavy atom.